The van der Waals surface area contributed by atoms with E-state index in [1.165, 1.54) is 97.6 Å². The van der Waals surface area contributed by atoms with Gasteiger partial charge in [-0.1, -0.05) is 133 Å². The lowest BCUT2D eigenvalue weighted by atomic mass is 9.67. The second kappa shape index (κ2) is 17.0. The highest BCUT2D eigenvalue weighted by atomic mass is 32.1. The Morgan fingerprint density at radius 1 is 0.654 bits per heavy atom. The summed E-state index contributed by atoms with van der Waals surface area (Å²) in [7, 11) is 0. The summed E-state index contributed by atoms with van der Waals surface area (Å²) >= 11 is 12.1. The van der Waals surface area contributed by atoms with Crippen LogP contribution in [-0.4, -0.2) is 23.3 Å². The highest BCUT2D eigenvalue weighted by Gasteiger charge is 2.43. The van der Waals surface area contributed by atoms with Crippen molar-refractivity contribution in [1.29, 1.82) is 0 Å². The molecule has 1 aliphatic heterocycles. The lowest BCUT2D eigenvalue weighted by molar-refractivity contribution is 0.404. The fraction of sp³-hybridized carbons (Fsp3) is 0.689. The molecule has 3 aliphatic rings. The molecule has 0 amide bonds. The Hall–Kier alpha value is -2.38. The van der Waals surface area contributed by atoms with Crippen LogP contribution < -0.4 is 26.0 Å². The summed E-state index contributed by atoms with van der Waals surface area (Å²) < 4.78 is 7.53. The third-order valence-electron chi connectivity index (χ3n) is 11.9. The fourth-order valence-electron chi connectivity index (χ4n) is 8.94. The summed E-state index contributed by atoms with van der Waals surface area (Å²) in [5.74, 6) is 2.76. The highest BCUT2D eigenvalue weighted by Crippen LogP contribution is 2.60. The molecule has 288 valence electrons. The minimum Gasteiger partial charge on any atom is -0.452 e. The summed E-state index contributed by atoms with van der Waals surface area (Å²) in [6, 6.07) is 5.02. The number of hydrogen-bond acceptors (Lipinski definition) is 3. The van der Waals surface area contributed by atoms with Gasteiger partial charge in [0.2, 0.25) is 0 Å². The first-order chi connectivity index (χ1) is 24.6. The molecule has 0 bridgehead atoms. The number of ether oxygens (including phenoxy) is 1. The molecule has 2 aromatic carbocycles. The monoisotopic (exact) mass is 746 g/mol. The zero-order valence-electron chi connectivity index (χ0n) is 34.3. The van der Waals surface area contributed by atoms with E-state index in [0.717, 1.165) is 61.6 Å². The van der Waals surface area contributed by atoms with Gasteiger partial charge < -0.3 is 26.0 Å². The van der Waals surface area contributed by atoms with Crippen molar-refractivity contribution >= 4 is 46.0 Å². The Balaban J connectivity index is 1.81. The molecule has 2 aliphatic carbocycles. The average Bonchev–Trinajstić information content (AvgIpc) is 3.08. The Kier molecular flexibility index (Phi) is 13.3. The van der Waals surface area contributed by atoms with Gasteiger partial charge in [-0.05, 0) is 108 Å². The third kappa shape index (κ3) is 8.94. The van der Waals surface area contributed by atoms with Crippen molar-refractivity contribution in [2.24, 2.45) is 0 Å². The van der Waals surface area contributed by atoms with Gasteiger partial charge >= 0.3 is 0 Å². The normalized spacial score (nSPS) is 17.8. The van der Waals surface area contributed by atoms with Gasteiger partial charge in [0.15, 0.2) is 21.7 Å². The predicted octanol–water partition coefficient (Wildman–Crippen LogP) is 13.0. The van der Waals surface area contributed by atoms with Crippen LogP contribution in [-0.2, 0) is 16.2 Å². The van der Waals surface area contributed by atoms with E-state index in [2.05, 4.69) is 103 Å². The zero-order chi connectivity index (χ0) is 37.8. The molecule has 0 spiro atoms. The molecule has 0 radical (unpaired) electrons. The van der Waals surface area contributed by atoms with Gasteiger partial charge in [0.05, 0.1) is 11.4 Å². The van der Waals surface area contributed by atoms with Gasteiger partial charge in [-0.15, -0.1) is 0 Å². The van der Waals surface area contributed by atoms with E-state index in [0.29, 0.717) is 22.1 Å². The Labute approximate surface area is 328 Å². The molecule has 5 nitrogen and oxygen atoms in total. The molecule has 4 N–H and O–H groups in total. The van der Waals surface area contributed by atoms with Crippen LogP contribution in [0.4, 0.5) is 11.4 Å². The van der Waals surface area contributed by atoms with E-state index in [9.17, 15) is 0 Å². The molecule has 52 heavy (non-hydrogen) atoms. The molecule has 5 rings (SSSR count). The molecule has 1 heterocycles. The Morgan fingerprint density at radius 2 is 1.02 bits per heavy atom. The van der Waals surface area contributed by atoms with Crippen LogP contribution >= 0.6 is 24.4 Å². The van der Waals surface area contributed by atoms with Gasteiger partial charge in [0.25, 0.3) is 0 Å². The number of thiocarbonyl (C=S) groups is 2. The van der Waals surface area contributed by atoms with Crippen LogP contribution in [0.1, 0.15) is 204 Å². The van der Waals surface area contributed by atoms with Crippen LogP contribution in [0.3, 0.4) is 0 Å². The second-order valence-electron chi connectivity index (χ2n) is 18.5. The summed E-state index contributed by atoms with van der Waals surface area (Å²) in [6.45, 7) is 25.2. The lowest BCUT2D eigenvalue weighted by Gasteiger charge is -2.43. The van der Waals surface area contributed by atoms with E-state index < -0.39 is 0 Å². The van der Waals surface area contributed by atoms with Crippen molar-refractivity contribution in [2.75, 3.05) is 23.7 Å². The molecule has 2 aromatic rings. The van der Waals surface area contributed by atoms with Gasteiger partial charge in [-0.3, -0.25) is 0 Å². The first-order valence-corrected chi connectivity index (χ1v) is 21.6. The molecule has 0 aromatic heterocycles. The van der Waals surface area contributed by atoms with Gasteiger partial charge in [0.1, 0.15) is 0 Å². The SMILES string of the molecule is CCCCNC(=S)Nc1c2c(cc(C(C)(C)C)c1C1CCCCC1)C(C)(C)c1cc(C(C)(C)C)c(C3CCCCC3)c(NC(=S)NCCCC)c1O2. The smallest absolute Gasteiger partial charge is 0.170 e. The van der Waals surface area contributed by atoms with Crippen molar-refractivity contribution in [2.45, 2.75) is 187 Å². The van der Waals surface area contributed by atoms with Gasteiger partial charge in [0, 0.05) is 29.6 Å². The van der Waals surface area contributed by atoms with Crippen LogP contribution in [0.25, 0.3) is 0 Å². The number of nitrogens with one attached hydrogen (secondary N) is 4. The molecule has 0 unspecified atom stereocenters. The number of unbranched alkanes of at least 4 members (excludes halogenated alkanes) is 2. The average molecular weight is 747 g/mol. The van der Waals surface area contributed by atoms with Crippen molar-refractivity contribution < 1.29 is 4.74 Å². The van der Waals surface area contributed by atoms with E-state index in [1.54, 1.807) is 0 Å². The topological polar surface area (TPSA) is 57.3 Å². The van der Waals surface area contributed by atoms with Crippen molar-refractivity contribution in [3.8, 4) is 11.5 Å². The second-order valence-corrected chi connectivity index (χ2v) is 19.4. The number of rotatable bonds is 10. The molecule has 0 atom stereocenters. The Bertz CT molecular complexity index is 1470. The summed E-state index contributed by atoms with van der Waals surface area (Å²) in [6.07, 6.45) is 16.8. The lowest BCUT2D eigenvalue weighted by Crippen LogP contribution is -2.34. The number of benzene rings is 2. The van der Waals surface area contributed by atoms with Gasteiger partial charge in [-0.25, -0.2) is 0 Å². The number of anilines is 2. The van der Waals surface area contributed by atoms with E-state index in [4.69, 9.17) is 29.2 Å². The molecule has 0 saturated heterocycles. The maximum Gasteiger partial charge on any atom is 0.170 e. The van der Waals surface area contributed by atoms with E-state index in [1.807, 2.05) is 0 Å². The predicted molar refractivity (Wildman–Crippen MR) is 232 cm³/mol. The van der Waals surface area contributed by atoms with Crippen molar-refractivity contribution in [1.82, 2.24) is 10.6 Å². The largest absolute Gasteiger partial charge is 0.452 e. The zero-order valence-corrected chi connectivity index (χ0v) is 36.0. The fourth-order valence-corrected chi connectivity index (χ4v) is 9.35. The standard InChI is InChI=1S/C45H70N4OS2/c1-11-13-25-46-41(51)48-37-35(29-21-17-15-18-22-29)31(43(3,4)5)27-33-39(37)50-40-34(45(33,9)10)28-32(44(6,7)8)36(30-23-19-16-20-24-30)38(40)49-42(52)47-26-14-12-2/h27-30H,11-26H2,1-10H3,(H2,46,48,51)(H2,47,49,52). The van der Waals surface area contributed by atoms with Crippen LogP contribution in [0.15, 0.2) is 12.1 Å². The maximum atomic E-state index is 7.53. The van der Waals surface area contributed by atoms with Gasteiger partial charge in [-0.2, -0.15) is 0 Å². The first kappa shape index (κ1) is 40.8. The van der Waals surface area contributed by atoms with Crippen molar-refractivity contribution in [3.05, 3.63) is 45.5 Å². The first-order valence-electron chi connectivity index (χ1n) is 20.8. The highest BCUT2D eigenvalue weighted by molar-refractivity contribution is 7.80. The minimum absolute atomic E-state index is 0.0592. The van der Waals surface area contributed by atoms with E-state index in [-0.39, 0.29) is 16.2 Å². The minimum atomic E-state index is -0.347. The summed E-state index contributed by atoms with van der Waals surface area (Å²) in [5, 5.41) is 16.1. The molecular formula is C45H70N4OS2. The summed E-state index contributed by atoms with van der Waals surface area (Å²) in [5.41, 5.74) is 9.73. The quantitative estimate of drug-likeness (QED) is 0.143. The summed E-state index contributed by atoms with van der Waals surface area (Å²) in [4.78, 5) is 0. The Morgan fingerprint density at radius 3 is 1.35 bits per heavy atom. The van der Waals surface area contributed by atoms with Crippen molar-refractivity contribution in [3.63, 3.8) is 0 Å². The molecule has 2 fully saturated rings. The maximum absolute atomic E-state index is 7.53. The number of hydrogen-bond donors (Lipinski definition) is 4. The van der Waals surface area contributed by atoms with Crippen LogP contribution in [0.5, 0.6) is 11.5 Å². The number of fused-ring (bicyclic) bond motifs is 2. The molecule has 2 saturated carbocycles. The van der Waals surface area contributed by atoms with E-state index >= 15 is 0 Å². The van der Waals surface area contributed by atoms with Crippen LogP contribution in [0, 0.1) is 0 Å². The van der Waals surface area contributed by atoms with Crippen LogP contribution in [0.2, 0.25) is 0 Å². The molecular weight excluding hydrogens is 677 g/mol. The molecule has 7 heteroatoms. The third-order valence-corrected chi connectivity index (χ3v) is 12.4.